The van der Waals surface area contributed by atoms with Gasteiger partial charge >= 0.3 is 5.97 Å². The lowest BCUT2D eigenvalue weighted by Crippen LogP contribution is -2.00. The van der Waals surface area contributed by atoms with Gasteiger partial charge in [0, 0.05) is 18.7 Å². The first kappa shape index (κ1) is 13.0. The van der Waals surface area contributed by atoms with Gasteiger partial charge in [-0.2, -0.15) is 5.10 Å². The van der Waals surface area contributed by atoms with Crippen molar-refractivity contribution in [1.29, 1.82) is 0 Å². The molecule has 100 valence electrons. The number of ether oxygens (including phenoxy) is 1. The summed E-state index contributed by atoms with van der Waals surface area (Å²) in [6, 6.07) is 3.04. The number of carboxylic acid groups (broad SMARTS) is 1. The first-order valence-corrected chi connectivity index (χ1v) is 5.24. The Balaban J connectivity index is 2.65. The number of carboxylic acids is 1. The summed E-state index contributed by atoms with van der Waals surface area (Å²) in [6.45, 7) is 0. The van der Waals surface area contributed by atoms with Crippen molar-refractivity contribution in [2.75, 3.05) is 7.11 Å². The van der Waals surface area contributed by atoms with Crippen molar-refractivity contribution in [3.05, 3.63) is 35.5 Å². The molecule has 0 radical (unpaired) electrons. The maximum atomic E-state index is 14.0. The Morgan fingerprint density at radius 2 is 2.05 bits per heavy atom. The molecule has 19 heavy (non-hydrogen) atoms. The Labute approximate surface area is 107 Å². The van der Waals surface area contributed by atoms with Crippen molar-refractivity contribution < 1.29 is 23.4 Å². The Kier molecular flexibility index (Phi) is 3.20. The van der Waals surface area contributed by atoms with Gasteiger partial charge in [0.15, 0.2) is 17.3 Å². The van der Waals surface area contributed by atoms with Crippen molar-refractivity contribution in [3.8, 4) is 17.0 Å². The third-order valence-electron chi connectivity index (χ3n) is 2.60. The smallest absolute Gasteiger partial charge is 0.356 e. The predicted molar refractivity (Wildman–Crippen MR) is 62.1 cm³/mol. The van der Waals surface area contributed by atoms with E-state index < -0.39 is 17.6 Å². The molecule has 0 aliphatic heterocycles. The van der Waals surface area contributed by atoms with E-state index in [0.717, 1.165) is 12.1 Å². The number of rotatable bonds is 3. The topological polar surface area (TPSA) is 64.3 Å². The minimum absolute atomic E-state index is 0.112. The van der Waals surface area contributed by atoms with E-state index in [1.807, 2.05) is 0 Å². The second-order valence-electron chi connectivity index (χ2n) is 3.81. The number of carbonyl (C=O) groups is 1. The molecule has 0 bridgehead atoms. The molecule has 1 N–H and O–H groups in total. The number of methoxy groups -OCH3 is 1. The molecule has 1 heterocycles. The van der Waals surface area contributed by atoms with E-state index >= 15 is 0 Å². The van der Waals surface area contributed by atoms with E-state index in [-0.39, 0.29) is 22.7 Å². The highest BCUT2D eigenvalue weighted by Crippen LogP contribution is 2.30. The van der Waals surface area contributed by atoms with Crippen LogP contribution in [0.2, 0.25) is 0 Å². The van der Waals surface area contributed by atoms with Gasteiger partial charge in [-0.05, 0) is 12.1 Å². The minimum Gasteiger partial charge on any atom is -0.494 e. The standard InChI is InChI=1S/C12H10F2N2O3/c1-16-9(5-8(15-16)12(17)18)7-3-6(13)4-10(19-2)11(7)14/h3-5H,1-2H3,(H,17,18). The molecule has 0 unspecified atom stereocenters. The summed E-state index contributed by atoms with van der Waals surface area (Å²) >= 11 is 0. The molecule has 0 saturated heterocycles. The monoisotopic (exact) mass is 268 g/mol. The van der Waals surface area contributed by atoms with Crippen LogP contribution in [-0.4, -0.2) is 28.0 Å². The van der Waals surface area contributed by atoms with E-state index in [4.69, 9.17) is 9.84 Å². The van der Waals surface area contributed by atoms with Crippen LogP contribution in [-0.2, 0) is 7.05 Å². The predicted octanol–water partition coefficient (Wildman–Crippen LogP) is 2.07. The summed E-state index contributed by atoms with van der Waals surface area (Å²) in [6.07, 6.45) is 0. The molecule has 0 aliphatic rings. The van der Waals surface area contributed by atoms with Gasteiger partial charge in [0.2, 0.25) is 0 Å². The molecule has 7 heteroatoms. The Hall–Kier alpha value is -2.44. The zero-order valence-electron chi connectivity index (χ0n) is 10.1. The van der Waals surface area contributed by atoms with Crippen LogP contribution in [0.3, 0.4) is 0 Å². The Bertz CT molecular complexity index is 653. The van der Waals surface area contributed by atoms with Crippen LogP contribution in [0.25, 0.3) is 11.3 Å². The normalized spacial score (nSPS) is 10.5. The molecule has 2 aromatic rings. The third kappa shape index (κ3) is 2.26. The molecule has 0 fully saturated rings. The number of nitrogens with zero attached hydrogens (tertiary/aromatic N) is 2. The maximum absolute atomic E-state index is 14.0. The Morgan fingerprint density at radius 3 is 2.58 bits per heavy atom. The van der Waals surface area contributed by atoms with E-state index in [2.05, 4.69) is 5.10 Å². The summed E-state index contributed by atoms with van der Waals surface area (Å²) in [4.78, 5) is 10.8. The Morgan fingerprint density at radius 1 is 1.37 bits per heavy atom. The van der Waals surface area contributed by atoms with Crippen LogP contribution in [0.4, 0.5) is 8.78 Å². The molecular formula is C12H10F2N2O3. The van der Waals surface area contributed by atoms with Gasteiger partial charge < -0.3 is 9.84 Å². The number of aromatic carboxylic acids is 1. The second-order valence-corrected chi connectivity index (χ2v) is 3.81. The maximum Gasteiger partial charge on any atom is 0.356 e. The summed E-state index contributed by atoms with van der Waals surface area (Å²) in [5.74, 6) is -2.96. The molecule has 5 nitrogen and oxygen atoms in total. The van der Waals surface area contributed by atoms with Crippen LogP contribution in [0.1, 0.15) is 10.5 Å². The molecule has 2 rings (SSSR count). The van der Waals surface area contributed by atoms with Crippen LogP contribution < -0.4 is 4.74 Å². The quantitative estimate of drug-likeness (QED) is 0.925. The summed E-state index contributed by atoms with van der Waals surface area (Å²) < 4.78 is 33.3. The minimum atomic E-state index is -1.24. The summed E-state index contributed by atoms with van der Waals surface area (Å²) in [7, 11) is 2.66. The molecule has 0 spiro atoms. The lowest BCUT2D eigenvalue weighted by atomic mass is 10.1. The van der Waals surface area contributed by atoms with Crippen molar-refractivity contribution in [2.45, 2.75) is 0 Å². The zero-order valence-corrected chi connectivity index (χ0v) is 10.1. The first-order chi connectivity index (χ1) is 8.93. The highest BCUT2D eigenvalue weighted by molar-refractivity contribution is 5.87. The van der Waals surface area contributed by atoms with Crippen LogP contribution >= 0.6 is 0 Å². The van der Waals surface area contributed by atoms with Gasteiger partial charge in [0.25, 0.3) is 0 Å². The van der Waals surface area contributed by atoms with Gasteiger partial charge in [-0.15, -0.1) is 0 Å². The van der Waals surface area contributed by atoms with E-state index in [1.165, 1.54) is 24.9 Å². The van der Waals surface area contributed by atoms with E-state index in [1.54, 1.807) is 0 Å². The van der Waals surface area contributed by atoms with E-state index in [0.29, 0.717) is 0 Å². The fourth-order valence-electron chi connectivity index (χ4n) is 1.72. The number of benzene rings is 1. The van der Waals surface area contributed by atoms with Crippen molar-refractivity contribution >= 4 is 5.97 Å². The van der Waals surface area contributed by atoms with Crippen molar-refractivity contribution in [1.82, 2.24) is 9.78 Å². The highest BCUT2D eigenvalue weighted by atomic mass is 19.1. The molecule has 1 aromatic heterocycles. The van der Waals surface area contributed by atoms with Gasteiger partial charge in [0.05, 0.1) is 12.8 Å². The van der Waals surface area contributed by atoms with Crippen LogP contribution in [0.15, 0.2) is 18.2 Å². The largest absolute Gasteiger partial charge is 0.494 e. The SMILES string of the molecule is COc1cc(F)cc(-c2cc(C(=O)O)nn2C)c1F. The van der Waals surface area contributed by atoms with Crippen molar-refractivity contribution in [2.24, 2.45) is 7.05 Å². The number of aryl methyl sites for hydroxylation is 1. The molecule has 0 atom stereocenters. The molecule has 0 amide bonds. The molecule has 1 aromatic carbocycles. The lowest BCUT2D eigenvalue weighted by molar-refractivity contribution is 0.0689. The van der Waals surface area contributed by atoms with Crippen LogP contribution in [0, 0.1) is 11.6 Å². The van der Waals surface area contributed by atoms with Crippen LogP contribution in [0.5, 0.6) is 5.75 Å². The zero-order chi connectivity index (χ0) is 14.2. The third-order valence-corrected chi connectivity index (χ3v) is 2.60. The van der Waals surface area contributed by atoms with Crippen molar-refractivity contribution in [3.63, 3.8) is 0 Å². The molecule has 0 saturated carbocycles. The number of hydrogen-bond donors (Lipinski definition) is 1. The lowest BCUT2D eigenvalue weighted by Gasteiger charge is -2.08. The highest BCUT2D eigenvalue weighted by Gasteiger charge is 2.19. The average molecular weight is 268 g/mol. The molecular weight excluding hydrogens is 258 g/mol. The van der Waals surface area contributed by atoms with Gasteiger partial charge in [-0.25, -0.2) is 13.6 Å². The number of halogens is 2. The van der Waals surface area contributed by atoms with Gasteiger partial charge in [-0.3, -0.25) is 4.68 Å². The number of hydrogen-bond acceptors (Lipinski definition) is 3. The van der Waals surface area contributed by atoms with E-state index in [9.17, 15) is 13.6 Å². The summed E-state index contributed by atoms with van der Waals surface area (Å²) in [5.41, 5.74) is -0.216. The number of aromatic nitrogens is 2. The summed E-state index contributed by atoms with van der Waals surface area (Å²) in [5, 5.41) is 12.5. The fraction of sp³-hybridized carbons (Fsp3) is 0.167. The first-order valence-electron chi connectivity index (χ1n) is 5.24. The molecule has 0 aliphatic carbocycles. The average Bonchev–Trinajstić information content (AvgIpc) is 2.74. The fourth-order valence-corrected chi connectivity index (χ4v) is 1.72. The van der Waals surface area contributed by atoms with Gasteiger partial charge in [0.1, 0.15) is 5.82 Å². The second kappa shape index (κ2) is 4.68. The van der Waals surface area contributed by atoms with Gasteiger partial charge in [-0.1, -0.05) is 0 Å².